The van der Waals surface area contributed by atoms with E-state index in [1.165, 1.54) is 12.1 Å². The molecular weight excluding hydrogens is 290 g/mol. The van der Waals surface area contributed by atoms with Gasteiger partial charge in [-0.25, -0.2) is 0 Å². The third-order valence-corrected chi connectivity index (χ3v) is 4.35. The lowest BCUT2D eigenvalue weighted by molar-refractivity contribution is 0.0989. The molecule has 0 amide bonds. The summed E-state index contributed by atoms with van der Waals surface area (Å²) in [6.07, 6.45) is 0. The molecule has 2 aromatic rings. The van der Waals surface area contributed by atoms with Gasteiger partial charge in [-0.1, -0.05) is 48.0 Å². The van der Waals surface area contributed by atoms with Gasteiger partial charge in [0.05, 0.1) is 17.5 Å². The van der Waals surface area contributed by atoms with Crippen LogP contribution in [0.2, 0.25) is 0 Å². The van der Waals surface area contributed by atoms with Crippen molar-refractivity contribution in [2.75, 3.05) is 6.61 Å². The Morgan fingerprint density at radius 2 is 1.71 bits per heavy atom. The Kier molecular flexibility index (Phi) is 5.08. The minimum Gasteiger partial charge on any atom is -0.316 e. The molecule has 1 atom stereocenters. The Hall–Kier alpha value is -1.73. The second-order valence-corrected chi connectivity index (χ2v) is 6.26. The maximum absolute atomic E-state index is 12.1. The second-order valence-electron chi connectivity index (χ2n) is 4.64. The zero-order valence-electron chi connectivity index (χ0n) is 11.6. The monoisotopic (exact) mass is 307 g/mol. The number of rotatable bonds is 6. The molecule has 0 aliphatic rings. The molecule has 5 nitrogen and oxygen atoms in total. The number of hydroxylamine groups is 1. The largest absolute Gasteiger partial charge is 0.316 e. The number of hydrogen-bond donors (Lipinski definition) is 2. The Balaban J connectivity index is 2.08. The van der Waals surface area contributed by atoms with E-state index in [2.05, 4.69) is 5.48 Å². The predicted octanol–water partition coefficient (Wildman–Crippen LogP) is 2.42. The molecule has 0 aliphatic carbocycles. The fraction of sp³-hybridized carbons (Fsp3) is 0.200. The Morgan fingerprint density at radius 1 is 1.10 bits per heavy atom. The number of hydrogen-bond acceptors (Lipinski definition) is 5. The van der Waals surface area contributed by atoms with Gasteiger partial charge in [0.1, 0.15) is 0 Å². The first-order valence-corrected chi connectivity index (χ1v) is 7.84. The summed E-state index contributed by atoms with van der Waals surface area (Å²) in [7, 11) is -3.84. The Bertz CT molecular complexity index is 669. The Morgan fingerprint density at radius 3 is 2.29 bits per heavy atom. The van der Waals surface area contributed by atoms with Gasteiger partial charge in [-0.2, -0.15) is 13.9 Å². The maximum atomic E-state index is 12.1. The standard InChI is InChI=1S/C15H17NO4S/c1-12-7-9-14(10-8-12)21(18,19)20-11-15(16-17)13-5-3-2-4-6-13/h2-10,15-17H,11H2,1H3. The van der Waals surface area contributed by atoms with Crippen LogP contribution < -0.4 is 5.48 Å². The third kappa shape index (κ3) is 4.12. The molecule has 0 spiro atoms. The van der Waals surface area contributed by atoms with Crippen LogP contribution in [0.25, 0.3) is 0 Å². The van der Waals surface area contributed by atoms with Crippen molar-refractivity contribution in [3.8, 4) is 0 Å². The highest BCUT2D eigenvalue weighted by Crippen LogP contribution is 2.17. The van der Waals surface area contributed by atoms with Crippen LogP contribution in [0, 0.1) is 6.92 Å². The molecule has 0 radical (unpaired) electrons. The van der Waals surface area contributed by atoms with E-state index in [1.54, 1.807) is 36.4 Å². The fourth-order valence-electron chi connectivity index (χ4n) is 1.82. The highest BCUT2D eigenvalue weighted by atomic mass is 32.2. The van der Waals surface area contributed by atoms with E-state index in [1.807, 2.05) is 13.0 Å². The molecule has 2 rings (SSSR count). The average molecular weight is 307 g/mol. The van der Waals surface area contributed by atoms with Gasteiger partial charge in [0.15, 0.2) is 0 Å². The molecule has 0 saturated heterocycles. The van der Waals surface area contributed by atoms with Crippen molar-refractivity contribution in [3.63, 3.8) is 0 Å². The van der Waals surface area contributed by atoms with Crippen LogP contribution in [0.15, 0.2) is 59.5 Å². The summed E-state index contributed by atoms with van der Waals surface area (Å²) in [6, 6.07) is 14.8. The summed E-state index contributed by atoms with van der Waals surface area (Å²) in [5, 5.41) is 9.16. The van der Waals surface area contributed by atoms with Gasteiger partial charge < -0.3 is 5.21 Å². The summed E-state index contributed by atoms with van der Waals surface area (Å²) in [4.78, 5) is 0.0952. The maximum Gasteiger partial charge on any atom is 0.297 e. The van der Waals surface area contributed by atoms with E-state index in [9.17, 15) is 8.42 Å². The molecule has 0 aromatic heterocycles. The van der Waals surface area contributed by atoms with Gasteiger partial charge in [-0.15, -0.1) is 0 Å². The molecule has 6 heteroatoms. The van der Waals surface area contributed by atoms with Gasteiger partial charge in [0, 0.05) is 0 Å². The normalized spacial score (nSPS) is 13.0. The first kappa shape index (κ1) is 15.7. The first-order chi connectivity index (χ1) is 10.0. The van der Waals surface area contributed by atoms with E-state index < -0.39 is 16.2 Å². The van der Waals surface area contributed by atoms with Crippen LogP contribution in [0.5, 0.6) is 0 Å². The molecule has 0 fully saturated rings. The summed E-state index contributed by atoms with van der Waals surface area (Å²) >= 11 is 0. The topological polar surface area (TPSA) is 75.6 Å². The van der Waals surface area contributed by atoms with Crippen molar-refractivity contribution in [1.82, 2.24) is 5.48 Å². The zero-order chi connectivity index (χ0) is 15.3. The number of nitrogens with one attached hydrogen (secondary N) is 1. The van der Waals surface area contributed by atoms with E-state index in [0.29, 0.717) is 0 Å². The molecule has 0 bridgehead atoms. The van der Waals surface area contributed by atoms with Crippen molar-refractivity contribution in [1.29, 1.82) is 0 Å². The van der Waals surface area contributed by atoms with Crippen molar-refractivity contribution in [2.24, 2.45) is 0 Å². The van der Waals surface area contributed by atoms with Crippen molar-refractivity contribution >= 4 is 10.1 Å². The smallest absolute Gasteiger partial charge is 0.297 e. The molecule has 2 N–H and O–H groups in total. The fourth-order valence-corrected chi connectivity index (χ4v) is 2.74. The quantitative estimate of drug-likeness (QED) is 0.633. The van der Waals surface area contributed by atoms with Crippen molar-refractivity contribution in [3.05, 3.63) is 65.7 Å². The van der Waals surface area contributed by atoms with E-state index in [-0.39, 0.29) is 11.5 Å². The van der Waals surface area contributed by atoms with Gasteiger partial charge >= 0.3 is 0 Å². The third-order valence-electron chi connectivity index (χ3n) is 3.06. The lowest BCUT2D eigenvalue weighted by Crippen LogP contribution is -2.24. The zero-order valence-corrected chi connectivity index (χ0v) is 12.4. The predicted molar refractivity (Wildman–Crippen MR) is 78.4 cm³/mol. The van der Waals surface area contributed by atoms with Crippen molar-refractivity contribution < 1.29 is 17.8 Å². The van der Waals surface area contributed by atoms with Crippen LogP contribution >= 0.6 is 0 Å². The second kappa shape index (κ2) is 6.82. The molecule has 0 heterocycles. The molecular formula is C15H17NO4S. The highest BCUT2D eigenvalue weighted by Gasteiger charge is 2.19. The van der Waals surface area contributed by atoms with E-state index in [0.717, 1.165) is 11.1 Å². The molecule has 2 aromatic carbocycles. The van der Waals surface area contributed by atoms with Crippen LogP contribution in [0.3, 0.4) is 0 Å². The summed E-state index contributed by atoms with van der Waals surface area (Å²) in [5.74, 6) is 0. The van der Waals surface area contributed by atoms with E-state index in [4.69, 9.17) is 9.39 Å². The molecule has 0 aliphatic heterocycles. The van der Waals surface area contributed by atoms with Crippen LogP contribution in [0.1, 0.15) is 17.2 Å². The van der Waals surface area contributed by atoms with Crippen LogP contribution in [-0.2, 0) is 14.3 Å². The summed E-state index contributed by atoms with van der Waals surface area (Å²) in [6.45, 7) is 1.68. The minimum absolute atomic E-state index is 0.0952. The highest BCUT2D eigenvalue weighted by molar-refractivity contribution is 7.86. The van der Waals surface area contributed by atoms with Gasteiger partial charge in [0.2, 0.25) is 0 Å². The van der Waals surface area contributed by atoms with Crippen LogP contribution in [0.4, 0.5) is 0 Å². The minimum atomic E-state index is -3.84. The lowest BCUT2D eigenvalue weighted by atomic mass is 10.1. The Labute approximate surface area is 124 Å². The summed E-state index contributed by atoms with van der Waals surface area (Å²) in [5.41, 5.74) is 3.76. The average Bonchev–Trinajstić information content (AvgIpc) is 2.49. The van der Waals surface area contributed by atoms with Gasteiger partial charge in [-0.3, -0.25) is 4.18 Å². The van der Waals surface area contributed by atoms with Gasteiger partial charge in [-0.05, 0) is 24.6 Å². The first-order valence-electron chi connectivity index (χ1n) is 6.43. The molecule has 1 unspecified atom stereocenters. The summed E-state index contributed by atoms with van der Waals surface area (Å²) < 4.78 is 29.1. The van der Waals surface area contributed by atoms with Gasteiger partial charge in [0.25, 0.3) is 10.1 Å². The molecule has 21 heavy (non-hydrogen) atoms. The number of aryl methyl sites for hydroxylation is 1. The van der Waals surface area contributed by atoms with E-state index >= 15 is 0 Å². The molecule has 0 saturated carbocycles. The number of benzene rings is 2. The SMILES string of the molecule is Cc1ccc(S(=O)(=O)OCC(NO)c2ccccc2)cc1. The molecule has 112 valence electrons. The lowest BCUT2D eigenvalue weighted by Gasteiger charge is -2.15. The van der Waals surface area contributed by atoms with Crippen molar-refractivity contribution in [2.45, 2.75) is 17.9 Å². The van der Waals surface area contributed by atoms with Crippen LogP contribution in [-0.4, -0.2) is 20.2 Å².